The molecular weight excluding hydrogens is 145 g/mol. The summed E-state index contributed by atoms with van der Waals surface area (Å²) in [6.07, 6.45) is 4.50. The van der Waals surface area contributed by atoms with Crippen LogP contribution in [0, 0.1) is 0 Å². The summed E-state index contributed by atoms with van der Waals surface area (Å²) in [6.45, 7) is 0. The molecule has 56 valence electrons. The third-order valence-corrected chi connectivity index (χ3v) is 0.765. The van der Waals surface area contributed by atoms with Gasteiger partial charge in [-0.1, -0.05) is 19.3 Å². The summed E-state index contributed by atoms with van der Waals surface area (Å²) < 4.78 is 12.5. The second-order valence-corrected chi connectivity index (χ2v) is 2.85. The molecule has 6 heteroatoms. The molecule has 0 aromatic heterocycles. The lowest BCUT2D eigenvalue weighted by molar-refractivity contribution is 0.201. The Kier molecular flexibility index (Phi) is 4.01. The molecule has 0 aromatic carbocycles. The normalized spacial score (nSPS) is 15.9. The minimum absolute atomic E-state index is 1.50. The highest BCUT2D eigenvalue weighted by atomic mass is 31.2. The van der Waals surface area contributed by atoms with E-state index in [2.05, 4.69) is 10.5 Å². The molecule has 0 saturated heterocycles. The Hall–Kier alpha value is 0.0700. The van der Waals surface area contributed by atoms with Crippen molar-refractivity contribution < 1.29 is 19.0 Å². The van der Waals surface area contributed by atoms with Crippen LogP contribution in [0.3, 0.4) is 0 Å². The highest BCUT2D eigenvalue weighted by molar-refractivity contribution is 7.46. The fourth-order valence-electron chi connectivity index (χ4n) is 0. The van der Waals surface area contributed by atoms with Crippen LogP contribution in [0.15, 0.2) is 0 Å². The van der Waals surface area contributed by atoms with E-state index in [0.29, 0.717) is 0 Å². The molecule has 1 aliphatic rings. The van der Waals surface area contributed by atoms with E-state index in [4.69, 9.17) is 9.79 Å². The van der Waals surface area contributed by atoms with E-state index >= 15 is 0 Å². The minimum atomic E-state index is -4.37. The van der Waals surface area contributed by atoms with Crippen molar-refractivity contribution in [1.29, 1.82) is 0 Å². The van der Waals surface area contributed by atoms with Gasteiger partial charge in [-0.3, -0.25) is 0 Å². The predicted molar refractivity (Wildman–Crippen MR) is 31.2 cm³/mol. The third-order valence-electron chi connectivity index (χ3n) is 0.491. The van der Waals surface area contributed by atoms with E-state index < -0.39 is 7.82 Å². The van der Waals surface area contributed by atoms with Gasteiger partial charge < -0.3 is 9.79 Å². The molecule has 1 saturated carbocycles. The summed E-state index contributed by atoms with van der Waals surface area (Å²) in [5, 5.41) is 0. The molecule has 1 rings (SSSR count). The van der Waals surface area contributed by atoms with Gasteiger partial charge >= 0.3 is 7.82 Å². The van der Waals surface area contributed by atoms with E-state index in [0.717, 1.165) is 0 Å². The highest BCUT2D eigenvalue weighted by Gasteiger charge is 2.08. The van der Waals surface area contributed by atoms with E-state index in [9.17, 15) is 4.57 Å². The fraction of sp³-hybridized carbons (Fsp3) is 1.00. The fourth-order valence-corrected chi connectivity index (χ4v) is 0. The SMILES string of the molecule is C1CC1.NOP(=O)(O)O. The van der Waals surface area contributed by atoms with Gasteiger partial charge in [-0.25, -0.2) is 15.1 Å². The molecule has 5 nitrogen and oxygen atoms in total. The Morgan fingerprint density at radius 1 is 1.33 bits per heavy atom. The van der Waals surface area contributed by atoms with Crippen LogP contribution in [0.2, 0.25) is 0 Å². The van der Waals surface area contributed by atoms with Crippen LogP contribution in [-0.4, -0.2) is 9.79 Å². The van der Waals surface area contributed by atoms with Gasteiger partial charge in [-0.15, -0.1) is 0 Å². The molecule has 0 amide bonds. The van der Waals surface area contributed by atoms with Crippen molar-refractivity contribution >= 4 is 7.82 Å². The number of nitrogens with two attached hydrogens (primary N) is 1. The van der Waals surface area contributed by atoms with Crippen molar-refractivity contribution in [2.45, 2.75) is 19.3 Å². The van der Waals surface area contributed by atoms with Crippen molar-refractivity contribution in [1.82, 2.24) is 0 Å². The van der Waals surface area contributed by atoms with Crippen molar-refractivity contribution in [2.75, 3.05) is 0 Å². The van der Waals surface area contributed by atoms with Crippen LogP contribution < -0.4 is 5.90 Å². The molecule has 1 fully saturated rings. The van der Waals surface area contributed by atoms with Crippen LogP contribution in [0.5, 0.6) is 0 Å². The maximum absolute atomic E-state index is 9.35. The summed E-state index contributed by atoms with van der Waals surface area (Å²) in [4.78, 5) is 15.2. The van der Waals surface area contributed by atoms with Crippen molar-refractivity contribution in [3.8, 4) is 0 Å². The third kappa shape index (κ3) is 17.9. The second kappa shape index (κ2) is 3.98. The lowest BCUT2D eigenvalue weighted by Crippen LogP contribution is -1.93. The van der Waals surface area contributed by atoms with Crippen LogP contribution in [0.4, 0.5) is 0 Å². The van der Waals surface area contributed by atoms with Gasteiger partial charge in [0.1, 0.15) is 0 Å². The molecule has 9 heavy (non-hydrogen) atoms. The van der Waals surface area contributed by atoms with Gasteiger partial charge in [0.2, 0.25) is 0 Å². The first-order chi connectivity index (χ1) is 4.06. The van der Waals surface area contributed by atoms with Gasteiger partial charge in [0.25, 0.3) is 0 Å². The first-order valence-corrected chi connectivity index (χ1v) is 4.03. The second-order valence-electron chi connectivity index (χ2n) is 1.66. The quantitative estimate of drug-likeness (QED) is 0.370. The average molecular weight is 155 g/mol. The monoisotopic (exact) mass is 155 g/mol. The van der Waals surface area contributed by atoms with Crippen molar-refractivity contribution in [3.05, 3.63) is 0 Å². The molecular formula is C3H10NO4P. The predicted octanol–water partition coefficient (Wildman–Crippen LogP) is 0.140. The zero-order chi connectivity index (χ0) is 7.33. The summed E-state index contributed by atoms with van der Waals surface area (Å²) in [6, 6.07) is 0. The molecule has 0 bridgehead atoms. The standard InChI is InChI=1S/C3H6.H4NO4P/c1-2-3-1;1-5-6(2,3)4/h1-3H2;1H2,(H2,2,3,4). The lowest BCUT2D eigenvalue weighted by atomic mass is 11.0. The first-order valence-electron chi connectivity index (χ1n) is 2.50. The molecule has 0 unspecified atom stereocenters. The van der Waals surface area contributed by atoms with Gasteiger partial charge in [-0.05, 0) is 0 Å². The average Bonchev–Trinajstić information content (AvgIpc) is 2.45. The Balaban J connectivity index is 0.000000173. The molecule has 4 N–H and O–H groups in total. The zero-order valence-corrected chi connectivity index (χ0v) is 5.75. The van der Waals surface area contributed by atoms with Crippen LogP contribution in [-0.2, 0) is 9.19 Å². The Morgan fingerprint density at radius 2 is 1.56 bits per heavy atom. The molecule has 0 spiro atoms. The smallest absolute Gasteiger partial charge is 0.302 e. The molecule has 0 atom stereocenters. The summed E-state index contributed by atoms with van der Waals surface area (Å²) in [7, 11) is -4.37. The number of phosphoric acid groups is 1. The molecule has 0 heterocycles. The van der Waals surface area contributed by atoms with E-state index in [1.807, 2.05) is 0 Å². The van der Waals surface area contributed by atoms with E-state index in [1.165, 1.54) is 19.3 Å². The van der Waals surface area contributed by atoms with Crippen LogP contribution in [0.1, 0.15) is 19.3 Å². The molecule has 0 aromatic rings. The first kappa shape index (κ1) is 9.07. The summed E-state index contributed by atoms with van der Waals surface area (Å²) >= 11 is 0. The summed E-state index contributed by atoms with van der Waals surface area (Å²) in [5.74, 6) is 4.04. The Labute approximate surface area is 53.0 Å². The number of hydrogen-bond acceptors (Lipinski definition) is 3. The molecule has 0 aliphatic heterocycles. The largest absolute Gasteiger partial charge is 0.485 e. The van der Waals surface area contributed by atoms with Gasteiger partial charge in [0.15, 0.2) is 0 Å². The van der Waals surface area contributed by atoms with Crippen LogP contribution in [0.25, 0.3) is 0 Å². The van der Waals surface area contributed by atoms with Gasteiger partial charge in [0.05, 0.1) is 0 Å². The van der Waals surface area contributed by atoms with E-state index in [1.54, 1.807) is 0 Å². The van der Waals surface area contributed by atoms with Crippen molar-refractivity contribution in [2.24, 2.45) is 5.90 Å². The number of rotatable bonds is 1. The van der Waals surface area contributed by atoms with E-state index in [-0.39, 0.29) is 0 Å². The molecule has 1 aliphatic carbocycles. The maximum atomic E-state index is 9.35. The Morgan fingerprint density at radius 3 is 1.56 bits per heavy atom. The number of hydrogen-bond donors (Lipinski definition) is 3. The van der Waals surface area contributed by atoms with Gasteiger partial charge in [-0.2, -0.15) is 0 Å². The minimum Gasteiger partial charge on any atom is -0.302 e. The Bertz CT molecular complexity index is 106. The van der Waals surface area contributed by atoms with Gasteiger partial charge in [0, 0.05) is 0 Å². The van der Waals surface area contributed by atoms with Crippen molar-refractivity contribution in [3.63, 3.8) is 0 Å². The summed E-state index contributed by atoms with van der Waals surface area (Å²) in [5.41, 5.74) is 0. The molecule has 0 radical (unpaired) electrons. The highest BCUT2D eigenvalue weighted by Crippen LogP contribution is 2.32. The van der Waals surface area contributed by atoms with Crippen LogP contribution >= 0.6 is 7.82 Å². The zero-order valence-electron chi connectivity index (χ0n) is 4.86. The lowest BCUT2D eigenvalue weighted by Gasteiger charge is -1.92. The maximum Gasteiger partial charge on any atom is 0.485 e. The topological polar surface area (TPSA) is 92.8 Å².